The monoisotopic (exact) mass is 279 g/mol. The minimum absolute atomic E-state index is 0.0426. The summed E-state index contributed by atoms with van der Waals surface area (Å²) in [7, 11) is 1.25. The first-order valence-electron chi connectivity index (χ1n) is 6.03. The molecule has 0 aliphatic heterocycles. The van der Waals surface area contributed by atoms with Crippen LogP contribution in [0.4, 0.5) is 4.79 Å². The van der Waals surface area contributed by atoms with Crippen molar-refractivity contribution in [1.29, 1.82) is 0 Å². The van der Waals surface area contributed by atoms with Gasteiger partial charge in [-0.1, -0.05) is 30.3 Å². The molecular weight excluding hydrogens is 262 g/mol. The van der Waals surface area contributed by atoms with Gasteiger partial charge in [-0.3, -0.25) is 0 Å². The van der Waals surface area contributed by atoms with E-state index in [1.807, 2.05) is 30.3 Å². The lowest BCUT2D eigenvalue weighted by Gasteiger charge is -2.11. The lowest BCUT2D eigenvalue weighted by atomic mass is 10.2. The van der Waals surface area contributed by atoms with Crippen molar-refractivity contribution in [3.05, 3.63) is 35.9 Å². The number of nitrogens with zero attached hydrogens (tertiary/aromatic N) is 1. The second-order valence-electron chi connectivity index (χ2n) is 3.95. The normalized spacial score (nSPS) is 12.4. The summed E-state index contributed by atoms with van der Waals surface area (Å²) in [6.45, 7) is 3.09. The third-order valence-electron chi connectivity index (χ3n) is 2.33. The highest BCUT2D eigenvalue weighted by atomic mass is 16.6. The Morgan fingerprint density at radius 3 is 2.50 bits per heavy atom. The highest BCUT2D eigenvalue weighted by Crippen LogP contribution is 2.02. The number of carbonyl (C=O) groups excluding carboxylic acids is 2. The number of amides is 1. The van der Waals surface area contributed by atoms with E-state index in [-0.39, 0.29) is 12.5 Å². The van der Waals surface area contributed by atoms with E-state index < -0.39 is 18.2 Å². The second kappa shape index (κ2) is 7.93. The number of methoxy groups -OCH3 is 1. The van der Waals surface area contributed by atoms with Crippen LogP contribution in [-0.2, 0) is 25.6 Å². The predicted molar refractivity (Wildman–Crippen MR) is 72.3 cm³/mol. The van der Waals surface area contributed by atoms with E-state index >= 15 is 0 Å². The maximum Gasteiger partial charge on any atom is 0.436 e. The maximum atomic E-state index is 11.4. The molecule has 0 aromatic heterocycles. The van der Waals surface area contributed by atoms with Gasteiger partial charge in [-0.05, 0) is 12.5 Å². The number of esters is 1. The summed E-state index contributed by atoms with van der Waals surface area (Å²) in [6.07, 6.45) is -1.60. The van der Waals surface area contributed by atoms with Crippen LogP contribution < -0.4 is 0 Å². The van der Waals surface area contributed by atoms with E-state index in [1.165, 1.54) is 21.0 Å². The summed E-state index contributed by atoms with van der Waals surface area (Å²) < 4.78 is 14.5. The van der Waals surface area contributed by atoms with E-state index in [2.05, 4.69) is 9.73 Å². The van der Waals surface area contributed by atoms with Gasteiger partial charge < -0.3 is 14.2 Å². The largest absolute Gasteiger partial charge is 0.466 e. The summed E-state index contributed by atoms with van der Waals surface area (Å²) in [5.41, 5.74) is 0.859. The van der Waals surface area contributed by atoms with Crippen molar-refractivity contribution in [3.8, 4) is 0 Å². The smallest absolute Gasteiger partial charge is 0.436 e. The Hall–Kier alpha value is -2.37. The van der Waals surface area contributed by atoms with Crippen LogP contribution >= 0.6 is 0 Å². The Bertz CT molecular complexity index is 484. The van der Waals surface area contributed by atoms with Crippen molar-refractivity contribution >= 4 is 18.0 Å². The minimum atomic E-state index is -0.828. The quantitative estimate of drug-likeness (QED) is 0.480. The molecule has 0 spiro atoms. The molecule has 0 saturated heterocycles. The molecule has 1 aromatic rings. The van der Waals surface area contributed by atoms with Gasteiger partial charge in [0, 0.05) is 6.92 Å². The van der Waals surface area contributed by atoms with Gasteiger partial charge in [0.1, 0.15) is 6.61 Å². The Labute approximate surface area is 117 Å². The summed E-state index contributed by atoms with van der Waals surface area (Å²) in [5, 5.41) is 0. The number of hydrogen-bond acceptors (Lipinski definition) is 5. The molecular formula is C14H17NO5. The fourth-order valence-corrected chi connectivity index (χ4v) is 1.38. The van der Waals surface area contributed by atoms with Gasteiger partial charge in [-0.2, -0.15) is 0 Å². The van der Waals surface area contributed by atoms with Gasteiger partial charge in [0.05, 0.1) is 7.11 Å². The molecule has 0 bridgehead atoms. The summed E-state index contributed by atoms with van der Waals surface area (Å²) in [6, 6.07) is 9.23. The average molecular weight is 279 g/mol. The van der Waals surface area contributed by atoms with Gasteiger partial charge in [-0.15, -0.1) is 4.99 Å². The Morgan fingerprint density at radius 1 is 1.25 bits per heavy atom. The predicted octanol–water partition coefficient (Wildman–Crippen LogP) is 2.32. The van der Waals surface area contributed by atoms with E-state index in [0.29, 0.717) is 0 Å². The molecule has 108 valence electrons. The SMILES string of the molecule is COC(=O)C(C)OC(C)=NC(=O)OCc1ccccc1. The molecule has 6 nitrogen and oxygen atoms in total. The van der Waals surface area contributed by atoms with Gasteiger partial charge >= 0.3 is 12.1 Å². The second-order valence-corrected chi connectivity index (χ2v) is 3.95. The number of aliphatic imine (C=N–C) groups is 1. The zero-order valence-corrected chi connectivity index (χ0v) is 11.7. The van der Waals surface area contributed by atoms with Gasteiger partial charge in [0.15, 0.2) is 12.0 Å². The third-order valence-corrected chi connectivity index (χ3v) is 2.33. The molecule has 1 rings (SSSR count). The lowest BCUT2D eigenvalue weighted by Crippen LogP contribution is -2.24. The van der Waals surface area contributed by atoms with Crippen molar-refractivity contribution in [3.63, 3.8) is 0 Å². The van der Waals surface area contributed by atoms with Crippen molar-refractivity contribution in [2.75, 3.05) is 7.11 Å². The molecule has 0 aliphatic rings. The van der Waals surface area contributed by atoms with Gasteiger partial charge in [0.25, 0.3) is 0 Å². The van der Waals surface area contributed by atoms with Crippen LogP contribution in [0.15, 0.2) is 35.3 Å². The van der Waals surface area contributed by atoms with Crippen molar-refractivity contribution in [2.45, 2.75) is 26.6 Å². The number of rotatable bonds is 4. The van der Waals surface area contributed by atoms with Crippen LogP contribution in [0.3, 0.4) is 0 Å². The molecule has 1 aromatic carbocycles. The van der Waals surface area contributed by atoms with Crippen LogP contribution in [0.1, 0.15) is 19.4 Å². The van der Waals surface area contributed by atoms with Crippen molar-refractivity contribution < 1.29 is 23.8 Å². The average Bonchev–Trinajstić information content (AvgIpc) is 2.45. The molecule has 1 unspecified atom stereocenters. The first-order valence-corrected chi connectivity index (χ1v) is 6.03. The molecule has 6 heteroatoms. The zero-order chi connectivity index (χ0) is 15.0. The molecule has 0 N–H and O–H groups in total. The van der Waals surface area contributed by atoms with Crippen molar-refractivity contribution in [2.24, 2.45) is 4.99 Å². The molecule has 0 fully saturated rings. The van der Waals surface area contributed by atoms with Crippen LogP contribution in [0, 0.1) is 0 Å². The number of carbonyl (C=O) groups is 2. The first kappa shape index (κ1) is 15.7. The highest BCUT2D eigenvalue weighted by molar-refractivity contribution is 5.88. The number of ether oxygens (including phenoxy) is 3. The zero-order valence-electron chi connectivity index (χ0n) is 11.7. The number of benzene rings is 1. The van der Waals surface area contributed by atoms with Crippen LogP contribution in [0.25, 0.3) is 0 Å². The molecule has 0 radical (unpaired) electrons. The van der Waals surface area contributed by atoms with E-state index in [0.717, 1.165) is 5.56 Å². The summed E-state index contributed by atoms with van der Waals surface area (Å²) >= 11 is 0. The Balaban J connectivity index is 2.43. The third kappa shape index (κ3) is 5.51. The molecule has 1 atom stereocenters. The molecule has 0 aliphatic carbocycles. The number of hydrogen-bond donors (Lipinski definition) is 0. The highest BCUT2D eigenvalue weighted by Gasteiger charge is 2.15. The Morgan fingerprint density at radius 2 is 1.90 bits per heavy atom. The topological polar surface area (TPSA) is 74.2 Å². The summed E-state index contributed by atoms with van der Waals surface area (Å²) in [5.74, 6) is -0.502. The first-order chi connectivity index (χ1) is 9.52. The standard InChI is InChI=1S/C14H17NO5/c1-10(13(16)18-3)20-11(2)15-14(17)19-9-12-7-5-4-6-8-12/h4-8,10H,9H2,1-3H3. The minimum Gasteiger partial charge on any atom is -0.466 e. The van der Waals surface area contributed by atoms with Gasteiger partial charge in [-0.25, -0.2) is 9.59 Å². The van der Waals surface area contributed by atoms with E-state index in [9.17, 15) is 9.59 Å². The molecule has 1 amide bonds. The summed E-state index contributed by atoms with van der Waals surface area (Å²) in [4.78, 5) is 26.1. The van der Waals surface area contributed by atoms with Crippen LogP contribution in [0.5, 0.6) is 0 Å². The fraction of sp³-hybridized carbons (Fsp3) is 0.357. The maximum absolute atomic E-state index is 11.4. The van der Waals surface area contributed by atoms with Gasteiger partial charge in [0.2, 0.25) is 0 Å². The lowest BCUT2D eigenvalue weighted by molar-refractivity contribution is -0.148. The van der Waals surface area contributed by atoms with E-state index in [1.54, 1.807) is 0 Å². The molecule has 20 heavy (non-hydrogen) atoms. The van der Waals surface area contributed by atoms with Crippen molar-refractivity contribution in [1.82, 2.24) is 0 Å². The molecule has 0 saturated carbocycles. The fourth-order valence-electron chi connectivity index (χ4n) is 1.38. The Kier molecular flexibility index (Phi) is 6.22. The molecule has 0 heterocycles. The van der Waals surface area contributed by atoms with E-state index in [4.69, 9.17) is 9.47 Å². The van der Waals surface area contributed by atoms with Crippen LogP contribution in [-0.4, -0.2) is 31.2 Å². The van der Waals surface area contributed by atoms with Crippen LogP contribution in [0.2, 0.25) is 0 Å².